The van der Waals surface area contributed by atoms with Gasteiger partial charge in [0.25, 0.3) is 5.91 Å². The second kappa shape index (κ2) is 8.90. The molecule has 6 heteroatoms. The normalized spacial score (nSPS) is 10.9. The summed E-state index contributed by atoms with van der Waals surface area (Å²) in [6, 6.07) is 14.4. The van der Waals surface area contributed by atoms with E-state index in [9.17, 15) is 9.59 Å². The smallest absolute Gasteiger partial charge is 0.257 e. The first-order chi connectivity index (χ1) is 13.6. The van der Waals surface area contributed by atoms with Gasteiger partial charge in [0.2, 0.25) is 5.78 Å². The van der Waals surface area contributed by atoms with Gasteiger partial charge in [-0.05, 0) is 42.8 Å². The molecule has 0 bridgehead atoms. The van der Waals surface area contributed by atoms with Crippen molar-refractivity contribution in [1.82, 2.24) is 5.32 Å². The molecule has 0 atom stereocenters. The molecule has 6 nitrogen and oxygen atoms in total. The number of rotatable bonds is 8. The quantitative estimate of drug-likeness (QED) is 0.475. The average molecular weight is 379 g/mol. The first-order valence-electron chi connectivity index (χ1n) is 8.89. The van der Waals surface area contributed by atoms with Gasteiger partial charge in [0.1, 0.15) is 5.58 Å². The van der Waals surface area contributed by atoms with Crippen LogP contribution in [0.1, 0.15) is 23.0 Å². The van der Waals surface area contributed by atoms with Crippen molar-refractivity contribution in [3.63, 3.8) is 0 Å². The summed E-state index contributed by atoms with van der Waals surface area (Å²) in [4.78, 5) is 23.9. The molecule has 0 fully saturated rings. The number of benzene rings is 2. The van der Waals surface area contributed by atoms with Crippen molar-refractivity contribution in [2.75, 3.05) is 20.3 Å². The molecule has 0 radical (unpaired) electrons. The number of ketones is 1. The van der Waals surface area contributed by atoms with Crippen LogP contribution < -0.4 is 14.8 Å². The van der Waals surface area contributed by atoms with Crippen LogP contribution in [0.4, 0.5) is 0 Å². The molecule has 1 amide bonds. The second-order valence-corrected chi connectivity index (χ2v) is 6.00. The third-order valence-electron chi connectivity index (χ3n) is 4.02. The Morgan fingerprint density at radius 1 is 1.11 bits per heavy atom. The Morgan fingerprint density at radius 3 is 2.68 bits per heavy atom. The molecule has 0 spiro atoms. The predicted molar refractivity (Wildman–Crippen MR) is 107 cm³/mol. The van der Waals surface area contributed by atoms with E-state index in [0.29, 0.717) is 23.6 Å². The summed E-state index contributed by atoms with van der Waals surface area (Å²) in [5.74, 6) is 0.778. The lowest BCUT2D eigenvalue weighted by Crippen LogP contribution is -2.28. The lowest BCUT2D eigenvalue weighted by molar-refractivity contribution is -0.123. The Balaban J connectivity index is 1.70. The highest BCUT2D eigenvalue weighted by molar-refractivity contribution is 6.07. The zero-order valence-electron chi connectivity index (χ0n) is 15.7. The third-order valence-corrected chi connectivity index (χ3v) is 4.02. The lowest BCUT2D eigenvalue weighted by Gasteiger charge is -2.11. The molecule has 1 heterocycles. The SMILES string of the molecule is CCNC(=O)COc1ccc(C=CC(=O)c2cc3ccccc3o2)cc1OC. The topological polar surface area (TPSA) is 77.8 Å². The van der Waals surface area contributed by atoms with Gasteiger partial charge in [-0.2, -0.15) is 0 Å². The van der Waals surface area contributed by atoms with Crippen LogP contribution in [0.2, 0.25) is 0 Å². The molecule has 3 rings (SSSR count). The summed E-state index contributed by atoms with van der Waals surface area (Å²) in [6.45, 7) is 2.29. The Labute approximate surface area is 162 Å². The van der Waals surface area contributed by atoms with Crippen LogP contribution in [-0.4, -0.2) is 32.0 Å². The molecule has 0 aliphatic carbocycles. The van der Waals surface area contributed by atoms with Crippen LogP contribution >= 0.6 is 0 Å². The van der Waals surface area contributed by atoms with E-state index in [4.69, 9.17) is 13.9 Å². The van der Waals surface area contributed by atoms with E-state index in [0.717, 1.165) is 10.9 Å². The number of carbonyl (C=O) groups is 2. The van der Waals surface area contributed by atoms with E-state index in [-0.39, 0.29) is 24.1 Å². The fourth-order valence-corrected chi connectivity index (χ4v) is 2.66. The largest absolute Gasteiger partial charge is 0.493 e. The minimum atomic E-state index is -0.230. The number of furan rings is 1. The minimum Gasteiger partial charge on any atom is -0.493 e. The van der Waals surface area contributed by atoms with E-state index in [1.54, 1.807) is 30.3 Å². The van der Waals surface area contributed by atoms with Crippen molar-refractivity contribution in [1.29, 1.82) is 0 Å². The zero-order chi connectivity index (χ0) is 19.9. The van der Waals surface area contributed by atoms with Crippen LogP contribution in [0.3, 0.4) is 0 Å². The molecule has 0 saturated carbocycles. The molecule has 1 aromatic heterocycles. The van der Waals surface area contributed by atoms with Gasteiger partial charge in [-0.15, -0.1) is 0 Å². The molecular weight excluding hydrogens is 358 g/mol. The second-order valence-electron chi connectivity index (χ2n) is 6.00. The number of hydrogen-bond donors (Lipinski definition) is 1. The number of likely N-dealkylation sites (N-methyl/N-ethyl adjacent to an activating group) is 1. The van der Waals surface area contributed by atoms with E-state index in [1.165, 1.54) is 13.2 Å². The van der Waals surface area contributed by atoms with E-state index in [2.05, 4.69) is 5.32 Å². The van der Waals surface area contributed by atoms with E-state index >= 15 is 0 Å². The van der Waals surface area contributed by atoms with Crippen molar-refractivity contribution < 1.29 is 23.5 Å². The maximum absolute atomic E-state index is 12.4. The van der Waals surface area contributed by atoms with Crippen molar-refractivity contribution >= 4 is 28.7 Å². The summed E-state index contributed by atoms with van der Waals surface area (Å²) in [5, 5.41) is 3.54. The maximum Gasteiger partial charge on any atom is 0.257 e. The number of ether oxygens (including phenoxy) is 2. The predicted octanol–water partition coefficient (Wildman–Crippen LogP) is 3.85. The molecule has 28 heavy (non-hydrogen) atoms. The molecule has 144 valence electrons. The van der Waals surface area contributed by atoms with Crippen LogP contribution in [0, 0.1) is 0 Å². The Kier molecular flexibility index (Phi) is 6.11. The summed E-state index contributed by atoms with van der Waals surface area (Å²) in [5.41, 5.74) is 1.43. The standard InChI is InChI=1S/C22H21NO5/c1-3-23-22(25)14-27-19-11-9-15(12-21(19)26-2)8-10-17(24)20-13-16-6-4-5-7-18(16)28-20/h4-13H,3,14H2,1-2H3,(H,23,25). The molecule has 0 saturated heterocycles. The van der Waals surface area contributed by atoms with Gasteiger partial charge in [0.05, 0.1) is 7.11 Å². The molecular formula is C22H21NO5. The summed E-state index contributed by atoms with van der Waals surface area (Å²) < 4.78 is 16.4. The Bertz CT molecular complexity index is 986. The number of methoxy groups -OCH3 is 1. The summed E-state index contributed by atoms with van der Waals surface area (Å²) in [7, 11) is 1.52. The highest BCUT2D eigenvalue weighted by Gasteiger charge is 2.10. The van der Waals surface area contributed by atoms with Gasteiger partial charge in [-0.3, -0.25) is 9.59 Å². The van der Waals surface area contributed by atoms with Crippen LogP contribution in [0.5, 0.6) is 11.5 Å². The van der Waals surface area contributed by atoms with E-state index < -0.39 is 0 Å². The number of hydrogen-bond acceptors (Lipinski definition) is 5. The minimum absolute atomic E-state index is 0.0933. The highest BCUT2D eigenvalue weighted by atomic mass is 16.5. The molecule has 2 aromatic carbocycles. The van der Waals surface area contributed by atoms with Crippen LogP contribution in [-0.2, 0) is 4.79 Å². The molecule has 0 aliphatic heterocycles. The highest BCUT2D eigenvalue weighted by Crippen LogP contribution is 2.28. The summed E-state index contributed by atoms with van der Waals surface area (Å²) in [6.07, 6.45) is 3.12. The molecule has 0 aliphatic rings. The van der Waals surface area contributed by atoms with Crippen molar-refractivity contribution in [2.24, 2.45) is 0 Å². The van der Waals surface area contributed by atoms with Gasteiger partial charge < -0.3 is 19.2 Å². The van der Waals surface area contributed by atoms with Gasteiger partial charge in [-0.25, -0.2) is 0 Å². The number of allylic oxidation sites excluding steroid dienone is 1. The first kappa shape index (κ1) is 19.2. The van der Waals surface area contributed by atoms with Gasteiger partial charge >= 0.3 is 0 Å². The lowest BCUT2D eigenvalue weighted by atomic mass is 10.1. The fraction of sp³-hybridized carbons (Fsp3) is 0.182. The number of carbonyl (C=O) groups excluding carboxylic acids is 2. The van der Waals surface area contributed by atoms with Gasteiger partial charge in [0, 0.05) is 11.9 Å². The Hall–Kier alpha value is -3.54. The zero-order valence-corrected chi connectivity index (χ0v) is 15.7. The molecule has 0 unspecified atom stereocenters. The van der Waals surface area contributed by atoms with Crippen molar-refractivity contribution in [3.05, 3.63) is 65.9 Å². The number of nitrogens with one attached hydrogen (secondary N) is 1. The van der Waals surface area contributed by atoms with Gasteiger partial charge in [-0.1, -0.05) is 30.3 Å². The van der Waals surface area contributed by atoms with Crippen LogP contribution in [0.25, 0.3) is 17.0 Å². The van der Waals surface area contributed by atoms with Crippen molar-refractivity contribution in [3.8, 4) is 11.5 Å². The monoisotopic (exact) mass is 379 g/mol. The molecule has 3 aromatic rings. The maximum atomic E-state index is 12.4. The molecule has 1 N–H and O–H groups in total. The Morgan fingerprint density at radius 2 is 1.93 bits per heavy atom. The number of para-hydroxylation sites is 1. The van der Waals surface area contributed by atoms with Crippen molar-refractivity contribution in [2.45, 2.75) is 6.92 Å². The third kappa shape index (κ3) is 4.59. The average Bonchev–Trinajstić information content (AvgIpc) is 3.15. The first-order valence-corrected chi connectivity index (χ1v) is 8.89. The number of amides is 1. The summed E-state index contributed by atoms with van der Waals surface area (Å²) >= 11 is 0. The fourth-order valence-electron chi connectivity index (χ4n) is 2.66. The number of fused-ring (bicyclic) bond motifs is 1. The van der Waals surface area contributed by atoms with E-state index in [1.807, 2.05) is 31.2 Å². The van der Waals surface area contributed by atoms with Gasteiger partial charge in [0.15, 0.2) is 23.9 Å². The van der Waals surface area contributed by atoms with Crippen LogP contribution in [0.15, 0.2) is 59.0 Å².